The summed E-state index contributed by atoms with van der Waals surface area (Å²) in [5, 5.41) is 3.08. The third kappa shape index (κ3) is 5.55. The first-order valence-electron chi connectivity index (χ1n) is 4.68. The number of esters is 1. The molecule has 92 valence electrons. The van der Waals surface area contributed by atoms with Gasteiger partial charge in [0.05, 0.1) is 23.6 Å². The van der Waals surface area contributed by atoms with Crippen LogP contribution in [0.1, 0.15) is 0 Å². The number of thioether (sulfide) groups is 1. The van der Waals surface area contributed by atoms with Crippen LogP contribution in [-0.2, 0) is 14.3 Å². The third-order valence-electron chi connectivity index (χ3n) is 1.68. The van der Waals surface area contributed by atoms with Gasteiger partial charge < -0.3 is 10.1 Å². The maximum Gasteiger partial charge on any atom is 0.315 e. The van der Waals surface area contributed by atoms with Crippen molar-refractivity contribution in [2.75, 3.05) is 23.9 Å². The van der Waals surface area contributed by atoms with Crippen LogP contribution in [0.3, 0.4) is 0 Å². The topological polar surface area (TPSA) is 68.3 Å². The Kier molecular flexibility index (Phi) is 5.79. The summed E-state index contributed by atoms with van der Waals surface area (Å²) in [7, 11) is 1.31. The molecule has 0 radical (unpaired) electrons. The van der Waals surface area contributed by atoms with Gasteiger partial charge >= 0.3 is 5.97 Å². The van der Waals surface area contributed by atoms with E-state index in [4.69, 9.17) is 11.6 Å². The summed E-state index contributed by atoms with van der Waals surface area (Å²) in [5.41, 5.74) is 0. The summed E-state index contributed by atoms with van der Waals surface area (Å²) < 4.78 is 4.44. The highest BCUT2D eigenvalue weighted by Gasteiger charge is 2.06. The maximum absolute atomic E-state index is 11.4. The molecule has 1 N–H and O–H groups in total. The number of hydrogen-bond acceptors (Lipinski definition) is 5. The van der Waals surface area contributed by atoms with E-state index >= 15 is 0 Å². The quantitative estimate of drug-likeness (QED) is 0.826. The van der Waals surface area contributed by atoms with Crippen molar-refractivity contribution in [1.29, 1.82) is 0 Å². The summed E-state index contributed by atoms with van der Waals surface area (Å²) in [6.45, 7) is 0. The minimum absolute atomic E-state index is 0.151. The molecule has 1 aromatic heterocycles. The first-order chi connectivity index (χ1) is 8.11. The summed E-state index contributed by atoms with van der Waals surface area (Å²) >= 11 is 6.83. The molecule has 0 fully saturated rings. The van der Waals surface area contributed by atoms with Crippen LogP contribution < -0.4 is 5.32 Å². The van der Waals surface area contributed by atoms with Gasteiger partial charge in [-0.05, 0) is 12.1 Å². The van der Waals surface area contributed by atoms with Crippen LogP contribution in [0.4, 0.5) is 5.82 Å². The molecule has 7 heteroatoms. The highest BCUT2D eigenvalue weighted by Crippen LogP contribution is 2.10. The van der Waals surface area contributed by atoms with Gasteiger partial charge in [-0.1, -0.05) is 11.6 Å². The predicted octanol–water partition coefficient (Wildman–Crippen LogP) is 1.58. The fraction of sp³-hybridized carbons (Fsp3) is 0.300. The zero-order valence-electron chi connectivity index (χ0n) is 9.10. The van der Waals surface area contributed by atoms with E-state index in [0.29, 0.717) is 10.8 Å². The van der Waals surface area contributed by atoms with Crippen molar-refractivity contribution in [2.45, 2.75) is 0 Å². The number of methoxy groups -OCH3 is 1. The maximum atomic E-state index is 11.4. The molecule has 1 rings (SSSR count). The van der Waals surface area contributed by atoms with E-state index in [1.165, 1.54) is 25.1 Å². The minimum atomic E-state index is -0.354. The van der Waals surface area contributed by atoms with E-state index in [1.807, 2.05) is 0 Å². The molecular formula is C10H11ClN2O3S. The molecule has 0 aliphatic heterocycles. The van der Waals surface area contributed by atoms with Crippen molar-refractivity contribution in [2.24, 2.45) is 0 Å². The SMILES string of the molecule is COC(=O)CSCC(=O)Nc1ccc(Cl)cn1. The Balaban J connectivity index is 2.30. The third-order valence-corrected chi connectivity index (χ3v) is 2.81. The van der Waals surface area contributed by atoms with Crippen LogP contribution in [0.15, 0.2) is 18.3 Å². The lowest BCUT2D eigenvalue weighted by molar-refractivity contribution is -0.137. The number of rotatable bonds is 5. The standard InChI is InChI=1S/C10H11ClN2O3S/c1-16-10(15)6-17-5-9(14)13-8-3-2-7(11)4-12-8/h2-4H,5-6H2,1H3,(H,12,13,14). The molecule has 0 bridgehead atoms. The molecule has 5 nitrogen and oxygen atoms in total. The molecule has 0 saturated carbocycles. The number of nitrogens with one attached hydrogen (secondary N) is 1. The number of nitrogens with zero attached hydrogens (tertiary/aromatic N) is 1. The Bertz CT molecular complexity index is 397. The summed E-state index contributed by atoms with van der Waals surface area (Å²) in [4.78, 5) is 26.1. The van der Waals surface area contributed by atoms with Gasteiger partial charge in [0, 0.05) is 6.20 Å². The Hall–Kier alpha value is -1.27. The molecular weight excluding hydrogens is 264 g/mol. The van der Waals surface area contributed by atoms with E-state index in [2.05, 4.69) is 15.0 Å². The number of ether oxygens (including phenoxy) is 1. The van der Waals surface area contributed by atoms with Crippen LogP contribution in [-0.4, -0.2) is 35.5 Å². The molecule has 0 atom stereocenters. The van der Waals surface area contributed by atoms with Gasteiger partial charge in [0.1, 0.15) is 5.82 Å². The Labute approximate surface area is 108 Å². The summed E-state index contributed by atoms with van der Waals surface area (Å²) in [5.74, 6) is 0.163. The second-order valence-corrected chi connectivity index (χ2v) is 4.40. The minimum Gasteiger partial charge on any atom is -0.468 e. The number of halogens is 1. The van der Waals surface area contributed by atoms with Crippen molar-refractivity contribution in [3.63, 3.8) is 0 Å². The largest absolute Gasteiger partial charge is 0.468 e. The number of amides is 1. The van der Waals surface area contributed by atoms with Gasteiger partial charge in [-0.3, -0.25) is 9.59 Å². The molecule has 1 amide bonds. The fourth-order valence-electron chi connectivity index (χ4n) is 0.915. The van der Waals surface area contributed by atoms with Gasteiger partial charge in [0.15, 0.2) is 0 Å². The summed E-state index contributed by atoms with van der Waals surface area (Å²) in [6, 6.07) is 3.23. The lowest BCUT2D eigenvalue weighted by Gasteiger charge is -2.03. The molecule has 0 saturated heterocycles. The number of anilines is 1. The number of pyridine rings is 1. The molecule has 0 aromatic carbocycles. The molecule has 0 aliphatic carbocycles. The summed E-state index contributed by atoms with van der Waals surface area (Å²) in [6.07, 6.45) is 1.44. The van der Waals surface area contributed by atoms with Crippen molar-refractivity contribution in [3.05, 3.63) is 23.4 Å². The van der Waals surface area contributed by atoms with Crippen LogP contribution in [0.2, 0.25) is 5.02 Å². The van der Waals surface area contributed by atoms with Gasteiger partial charge in [0.25, 0.3) is 0 Å². The van der Waals surface area contributed by atoms with Crippen LogP contribution in [0.25, 0.3) is 0 Å². The Morgan fingerprint density at radius 1 is 1.47 bits per heavy atom. The van der Waals surface area contributed by atoms with Gasteiger partial charge in [0.2, 0.25) is 5.91 Å². The molecule has 0 spiro atoms. The highest BCUT2D eigenvalue weighted by molar-refractivity contribution is 8.00. The lowest BCUT2D eigenvalue weighted by Crippen LogP contribution is -2.16. The number of aromatic nitrogens is 1. The first-order valence-corrected chi connectivity index (χ1v) is 6.21. The smallest absolute Gasteiger partial charge is 0.315 e. The second-order valence-electron chi connectivity index (χ2n) is 2.98. The highest BCUT2D eigenvalue weighted by atomic mass is 35.5. The van der Waals surface area contributed by atoms with Crippen LogP contribution in [0, 0.1) is 0 Å². The predicted molar refractivity (Wildman–Crippen MR) is 67.2 cm³/mol. The number of hydrogen-bond donors (Lipinski definition) is 1. The lowest BCUT2D eigenvalue weighted by atomic mass is 10.4. The van der Waals surface area contributed by atoms with E-state index in [0.717, 1.165) is 0 Å². The van der Waals surface area contributed by atoms with E-state index in [-0.39, 0.29) is 23.4 Å². The Morgan fingerprint density at radius 2 is 2.24 bits per heavy atom. The zero-order valence-corrected chi connectivity index (χ0v) is 10.7. The monoisotopic (exact) mass is 274 g/mol. The van der Waals surface area contributed by atoms with Crippen LogP contribution in [0.5, 0.6) is 0 Å². The molecule has 1 aromatic rings. The van der Waals surface area contributed by atoms with Crippen molar-refractivity contribution < 1.29 is 14.3 Å². The van der Waals surface area contributed by atoms with Crippen LogP contribution >= 0.6 is 23.4 Å². The molecule has 0 aliphatic rings. The van der Waals surface area contributed by atoms with Gasteiger partial charge in [-0.25, -0.2) is 4.98 Å². The fourth-order valence-corrected chi connectivity index (χ4v) is 1.67. The normalized spacial score (nSPS) is 9.76. The van der Waals surface area contributed by atoms with Gasteiger partial charge in [-0.15, -0.1) is 11.8 Å². The molecule has 17 heavy (non-hydrogen) atoms. The van der Waals surface area contributed by atoms with Crippen molar-refractivity contribution >= 4 is 41.1 Å². The number of carbonyl (C=O) groups is 2. The second kappa shape index (κ2) is 7.13. The Morgan fingerprint density at radius 3 is 2.82 bits per heavy atom. The average Bonchev–Trinajstić information content (AvgIpc) is 2.32. The number of carbonyl (C=O) groups excluding carboxylic acids is 2. The zero-order chi connectivity index (χ0) is 12.7. The van der Waals surface area contributed by atoms with E-state index < -0.39 is 0 Å². The molecule has 1 heterocycles. The van der Waals surface area contributed by atoms with E-state index in [9.17, 15) is 9.59 Å². The first kappa shape index (κ1) is 13.8. The van der Waals surface area contributed by atoms with E-state index in [1.54, 1.807) is 12.1 Å². The molecule has 0 unspecified atom stereocenters. The van der Waals surface area contributed by atoms with Gasteiger partial charge in [-0.2, -0.15) is 0 Å². The average molecular weight is 275 g/mol. The van der Waals surface area contributed by atoms with Crippen molar-refractivity contribution in [1.82, 2.24) is 4.98 Å². The van der Waals surface area contributed by atoms with Crippen molar-refractivity contribution in [3.8, 4) is 0 Å².